The van der Waals surface area contributed by atoms with Gasteiger partial charge in [-0.3, -0.25) is 4.79 Å². The number of halogens is 3. The summed E-state index contributed by atoms with van der Waals surface area (Å²) in [6, 6.07) is -1.07. The van der Waals surface area contributed by atoms with E-state index in [4.69, 9.17) is 0 Å². The molecule has 0 bridgehead atoms. The summed E-state index contributed by atoms with van der Waals surface area (Å²) in [6.07, 6.45) is -3.31. The molecule has 0 saturated carbocycles. The summed E-state index contributed by atoms with van der Waals surface area (Å²) in [5.41, 5.74) is 0. The fraction of sp³-hybridized carbons (Fsp3) is 0.889. The van der Waals surface area contributed by atoms with Crippen molar-refractivity contribution in [3.05, 3.63) is 0 Å². The van der Waals surface area contributed by atoms with Crippen LogP contribution in [-0.4, -0.2) is 51.1 Å². The summed E-state index contributed by atoms with van der Waals surface area (Å²) < 4.78 is 66.3. The second-order valence-corrected chi connectivity index (χ2v) is 5.79. The largest absolute Gasteiger partial charge is 0.468 e. The van der Waals surface area contributed by atoms with E-state index in [1.807, 2.05) is 0 Å². The minimum absolute atomic E-state index is 0.00699. The molecule has 0 aromatic carbocycles. The maximum atomic E-state index is 12.0. The van der Waals surface area contributed by atoms with Crippen LogP contribution in [0.2, 0.25) is 0 Å². The highest BCUT2D eigenvalue weighted by atomic mass is 32.2. The van der Waals surface area contributed by atoms with Gasteiger partial charge in [0.2, 0.25) is 0 Å². The average Bonchev–Trinajstić information content (AvgIpc) is 2.35. The first-order valence-corrected chi connectivity index (χ1v) is 7.02. The van der Waals surface area contributed by atoms with Gasteiger partial charge in [-0.2, -0.15) is 30.6 Å². The molecule has 1 aliphatic heterocycles. The van der Waals surface area contributed by atoms with E-state index >= 15 is 0 Å². The van der Waals surface area contributed by atoms with Crippen LogP contribution in [0.1, 0.15) is 19.3 Å². The topological polar surface area (TPSA) is 75.7 Å². The molecule has 0 aromatic heterocycles. The van der Waals surface area contributed by atoms with Crippen LogP contribution in [0.3, 0.4) is 0 Å². The number of nitrogens with one attached hydrogen (secondary N) is 1. The first kappa shape index (κ1) is 16.2. The van der Waals surface area contributed by atoms with E-state index in [1.54, 1.807) is 0 Å². The Morgan fingerprint density at radius 3 is 2.58 bits per heavy atom. The molecule has 1 fully saturated rings. The third kappa shape index (κ3) is 4.62. The molecule has 1 saturated heterocycles. The van der Waals surface area contributed by atoms with Gasteiger partial charge in [0.25, 0.3) is 10.2 Å². The third-order valence-corrected chi connectivity index (χ3v) is 4.25. The number of carbonyl (C=O) groups is 1. The van der Waals surface area contributed by atoms with Crippen LogP contribution in [-0.2, 0) is 19.7 Å². The van der Waals surface area contributed by atoms with Gasteiger partial charge in [-0.1, -0.05) is 0 Å². The number of alkyl halides is 3. The van der Waals surface area contributed by atoms with E-state index in [2.05, 4.69) is 4.74 Å². The molecule has 1 heterocycles. The molecule has 0 radical (unpaired) electrons. The zero-order chi connectivity index (χ0) is 14.7. The molecular formula is C9H15F3N2O4S. The van der Waals surface area contributed by atoms with Crippen LogP contribution >= 0.6 is 0 Å². The lowest BCUT2D eigenvalue weighted by Crippen LogP contribution is -2.53. The molecule has 0 aromatic rings. The normalized spacial score (nSPS) is 22.2. The highest BCUT2D eigenvalue weighted by Gasteiger charge is 2.39. The standard InChI is InChI=1S/C9H15F3N2O4S/c1-18-8(15)7-4-2-3-5-14(7)19(16,17)13-6-9(10,11)12/h7,13H,2-6H2,1H3/t7-/m1/s1. The van der Waals surface area contributed by atoms with Gasteiger partial charge in [0.05, 0.1) is 7.11 Å². The number of methoxy groups -OCH3 is 1. The van der Waals surface area contributed by atoms with Gasteiger partial charge in [0, 0.05) is 6.54 Å². The summed E-state index contributed by atoms with van der Waals surface area (Å²) in [5.74, 6) is -0.767. The SMILES string of the molecule is COC(=O)[C@H]1CCCCN1S(=O)(=O)NCC(F)(F)F. The molecule has 1 aliphatic rings. The maximum Gasteiger partial charge on any atom is 0.402 e. The van der Waals surface area contributed by atoms with E-state index < -0.39 is 34.9 Å². The maximum absolute atomic E-state index is 12.0. The molecule has 10 heteroatoms. The first-order valence-electron chi connectivity index (χ1n) is 5.58. The van der Waals surface area contributed by atoms with Gasteiger partial charge in [0.15, 0.2) is 0 Å². The highest BCUT2D eigenvalue weighted by Crippen LogP contribution is 2.21. The van der Waals surface area contributed by atoms with Crippen molar-refractivity contribution >= 4 is 16.2 Å². The first-order chi connectivity index (χ1) is 8.67. The summed E-state index contributed by atoms with van der Waals surface area (Å²) in [5, 5.41) is 0. The van der Waals surface area contributed by atoms with Crippen molar-refractivity contribution in [1.29, 1.82) is 0 Å². The summed E-state index contributed by atoms with van der Waals surface area (Å²) in [7, 11) is -3.26. The molecule has 0 unspecified atom stereocenters. The lowest BCUT2D eigenvalue weighted by Gasteiger charge is -2.32. The average molecular weight is 304 g/mol. The van der Waals surface area contributed by atoms with E-state index in [1.165, 1.54) is 4.72 Å². The van der Waals surface area contributed by atoms with Crippen molar-refractivity contribution < 1.29 is 31.1 Å². The second kappa shape index (κ2) is 6.06. The van der Waals surface area contributed by atoms with Crippen LogP contribution in [0.25, 0.3) is 0 Å². The molecule has 0 aliphatic carbocycles. The Balaban J connectivity index is 2.81. The predicted molar refractivity (Wildman–Crippen MR) is 59.3 cm³/mol. The number of hydrogen-bond acceptors (Lipinski definition) is 4. The van der Waals surface area contributed by atoms with E-state index in [0.29, 0.717) is 12.8 Å². The molecule has 6 nitrogen and oxygen atoms in total. The number of esters is 1. The monoisotopic (exact) mass is 304 g/mol. The molecule has 0 spiro atoms. The summed E-state index contributed by atoms with van der Waals surface area (Å²) in [6.45, 7) is -1.67. The van der Waals surface area contributed by atoms with Gasteiger partial charge in [-0.25, -0.2) is 0 Å². The van der Waals surface area contributed by atoms with Crippen LogP contribution in [0.4, 0.5) is 13.2 Å². The number of ether oxygens (including phenoxy) is 1. The zero-order valence-electron chi connectivity index (χ0n) is 10.2. The Hall–Kier alpha value is -0.870. The second-order valence-electron chi connectivity index (χ2n) is 4.09. The van der Waals surface area contributed by atoms with Crippen LogP contribution in [0.5, 0.6) is 0 Å². The fourth-order valence-electron chi connectivity index (χ4n) is 1.82. The molecule has 0 amide bonds. The number of rotatable bonds is 4. The van der Waals surface area contributed by atoms with Gasteiger partial charge in [-0.05, 0) is 19.3 Å². The Labute approximate surface area is 109 Å². The molecule has 112 valence electrons. The minimum Gasteiger partial charge on any atom is -0.468 e. The Morgan fingerprint density at radius 1 is 1.42 bits per heavy atom. The van der Waals surface area contributed by atoms with Crippen LogP contribution in [0.15, 0.2) is 0 Å². The third-order valence-electron chi connectivity index (χ3n) is 2.69. The summed E-state index contributed by atoms with van der Waals surface area (Å²) >= 11 is 0. The van der Waals surface area contributed by atoms with Crippen molar-refractivity contribution in [1.82, 2.24) is 9.03 Å². The fourth-order valence-corrected chi connectivity index (χ4v) is 3.23. The van der Waals surface area contributed by atoms with Crippen molar-refractivity contribution in [3.8, 4) is 0 Å². The lowest BCUT2D eigenvalue weighted by molar-refractivity contribution is -0.146. The molecule has 1 rings (SSSR count). The molecule has 1 atom stereocenters. The van der Waals surface area contributed by atoms with Crippen molar-refractivity contribution in [2.45, 2.75) is 31.5 Å². The van der Waals surface area contributed by atoms with Crippen LogP contribution in [0, 0.1) is 0 Å². The van der Waals surface area contributed by atoms with Gasteiger partial charge in [0.1, 0.15) is 12.6 Å². The molecule has 1 N–H and O–H groups in total. The summed E-state index contributed by atoms with van der Waals surface area (Å²) in [4.78, 5) is 11.4. The van der Waals surface area contributed by atoms with E-state index in [9.17, 15) is 26.4 Å². The van der Waals surface area contributed by atoms with Crippen molar-refractivity contribution in [2.24, 2.45) is 0 Å². The number of carbonyl (C=O) groups excluding carboxylic acids is 1. The smallest absolute Gasteiger partial charge is 0.402 e. The zero-order valence-corrected chi connectivity index (χ0v) is 11.1. The predicted octanol–water partition coefficient (Wildman–Crippen LogP) is 0.411. The minimum atomic E-state index is -4.65. The lowest BCUT2D eigenvalue weighted by atomic mass is 10.1. The van der Waals surface area contributed by atoms with Crippen molar-refractivity contribution in [3.63, 3.8) is 0 Å². The Morgan fingerprint density at radius 2 is 2.05 bits per heavy atom. The van der Waals surface area contributed by atoms with E-state index in [-0.39, 0.29) is 13.0 Å². The van der Waals surface area contributed by atoms with E-state index in [0.717, 1.165) is 11.4 Å². The number of piperidine rings is 1. The van der Waals surface area contributed by atoms with Crippen LogP contribution < -0.4 is 4.72 Å². The van der Waals surface area contributed by atoms with Gasteiger partial charge < -0.3 is 4.74 Å². The molecule has 19 heavy (non-hydrogen) atoms. The van der Waals surface area contributed by atoms with Gasteiger partial charge in [-0.15, -0.1) is 0 Å². The number of nitrogens with zero attached hydrogens (tertiary/aromatic N) is 1. The quantitative estimate of drug-likeness (QED) is 0.763. The Bertz CT molecular complexity index is 424. The molecular weight excluding hydrogens is 289 g/mol. The highest BCUT2D eigenvalue weighted by molar-refractivity contribution is 7.87. The van der Waals surface area contributed by atoms with Gasteiger partial charge >= 0.3 is 12.1 Å². The Kier molecular flexibility index (Phi) is 5.16. The number of hydrogen-bond donors (Lipinski definition) is 1. The van der Waals surface area contributed by atoms with Crippen molar-refractivity contribution in [2.75, 3.05) is 20.2 Å².